The van der Waals surface area contributed by atoms with Crippen molar-refractivity contribution in [1.82, 2.24) is 0 Å². The molecule has 240 valence electrons. The zero-order valence-corrected chi connectivity index (χ0v) is 27.3. The van der Waals surface area contributed by atoms with Crippen LogP contribution < -0.4 is 4.90 Å². The minimum atomic E-state index is -0.411. The molecule has 0 radical (unpaired) electrons. The molecule has 0 atom stereocenters. The molecule has 0 N–H and O–H groups in total. The molecule has 0 saturated carbocycles. The first-order chi connectivity index (χ1) is 27.3. The lowest BCUT2D eigenvalue weighted by molar-refractivity contribution is 0.669. The molecule has 0 amide bonds. The van der Waals surface area contributed by atoms with Gasteiger partial charge in [0.15, 0.2) is 0 Å². The number of fused-ring (bicyclic) bond motifs is 6. The van der Waals surface area contributed by atoms with Gasteiger partial charge in [-0.25, -0.2) is 0 Å². The summed E-state index contributed by atoms with van der Waals surface area (Å²) in [5, 5.41) is 4.19. The first-order valence-corrected chi connectivity index (χ1v) is 16.8. The molecule has 0 aliphatic heterocycles. The maximum absolute atomic E-state index is 8.52. The van der Waals surface area contributed by atoms with Crippen molar-refractivity contribution in [3.63, 3.8) is 0 Å². The van der Waals surface area contributed by atoms with Crippen LogP contribution in [0.1, 0.15) is 6.85 Å². The quantitative estimate of drug-likeness (QED) is 0.178. The number of furan rings is 2. The van der Waals surface area contributed by atoms with Crippen LogP contribution in [0.3, 0.4) is 0 Å². The number of hydrogen-bond acceptors (Lipinski definition) is 3. The third kappa shape index (κ3) is 5.06. The van der Waals surface area contributed by atoms with E-state index in [1.807, 2.05) is 60.7 Å². The molecule has 10 aromatic rings. The van der Waals surface area contributed by atoms with Crippen molar-refractivity contribution < 1.29 is 15.7 Å². The molecule has 8 aromatic carbocycles. The number of benzene rings is 8. The highest BCUT2D eigenvalue weighted by Gasteiger charge is 2.17. The molecule has 0 fully saturated rings. The molecule has 3 heteroatoms. The Balaban J connectivity index is 1.06. The Hall–Kier alpha value is -6.84. The lowest BCUT2D eigenvalue weighted by Crippen LogP contribution is -2.09. The summed E-state index contributed by atoms with van der Waals surface area (Å²) < 4.78 is 54.1. The largest absolute Gasteiger partial charge is 0.456 e. The molecular formula is C48H31NO2. The van der Waals surface area contributed by atoms with Crippen molar-refractivity contribution >= 4 is 60.9 Å². The van der Waals surface area contributed by atoms with Gasteiger partial charge < -0.3 is 13.7 Å². The van der Waals surface area contributed by atoms with Crippen LogP contribution in [0.25, 0.3) is 77.3 Å². The molecule has 0 aliphatic carbocycles. The SMILES string of the molecule is [2H]c1c([2H])c([2H])c(-c2ccc(N(c3ccc(-c4ccc5oc6c(-c7ccccc7)cccc6c5c4)cc3)c3ccc4c(c3)oc3ccccc34)cc2)c([2H])c1[2H]. The van der Waals surface area contributed by atoms with E-state index >= 15 is 0 Å². The third-order valence-electron chi connectivity index (χ3n) is 9.58. The lowest BCUT2D eigenvalue weighted by atomic mass is 10.00. The molecule has 2 heterocycles. The zero-order chi connectivity index (χ0) is 38.1. The number of anilines is 3. The normalized spacial score (nSPS) is 12.9. The number of para-hydroxylation sites is 2. The van der Waals surface area contributed by atoms with Crippen molar-refractivity contribution in [3.05, 3.63) is 188 Å². The fraction of sp³-hybridized carbons (Fsp3) is 0. The highest BCUT2D eigenvalue weighted by atomic mass is 16.3. The minimum Gasteiger partial charge on any atom is -0.456 e. The molecule has 0 spiro atoms. The Morgan fingerprint density at radius 2 is 1.00 bits per heavy atom. The third-order valence-corrected chi connectivity index (χ3v) is 9.58. The van der Waals surface area contributed by atoms with Gasteiger partial charge in [-0.1, -0.05) is 127 Å². The summed E-state index contributed by atoms with van der Waals surface area (Å²) in [6.45, 7) is 0. The minimum absolute atomic E-state index is 0.167. The second-order valence-corrected chi connectivity index (χ2v) is 12.6. The standard InChI is InChI=1S/C48H31NO2/c1-3-10-32(11-4-1)33-18-23-37(24-19-33)49(39-27-28-42-41-14-7-8-17-45(41)50-47(42)31-39)38-25-20-34(21-26-38)36-22-29-46-44(30-36)43-16-9-15-40(48(43)51-46)35-12-5-2-6-13-35/h1-31H/i1D,3D,4D,10D,11D. The van der Waals surface area contributed by atoms with Gasteiger partial charge in [-0.3, -0.25) is 0 Å². The topological polar surface area (TPSA) is 29.5 Å². The van der Waals surface area contributed by atoms with Gasteiger partial charge in [-0.2, -0.15) is 0 Å². The highest BCUT2D eigenvalue weighted by Crippen LogP contribution is 2.41. The summed E-state index contributed by atoms with van der Waals surface area (Å²) in [6.07, 6.45) is 0. The first kappa shape index (κ1) is 24.3. The van der Waals surface area contributed by atoms with Crippen LogP contribution in [0.4, 0.5) is 17.1 Å². The van der Waals surface area contributed by atoms with Crippen LogP contribution in [0.15, 0.2) is 197 Å². The Kier molecular flexibility index (Phi) is 5.69. The van der Waals surface area contributed by atoms with E-state index in [1.54, 1.807) is 12.1 Å². The summed E-state index contributed by atoms with van der Waals surface area (Å²) in [7, 11) is 0. The molecule has 51 heavy (non-hydrogen) atoms. The summed E-state index contributed by atoms with van der Waals surface area (Å²) in [4.78, 5) is 2.13. The molecular weight excluding hydrogens is 623 g/mol. The number of rotatable bonds is 6. The van der Waals surface area contributed by atoms with E-state index in [9.17, 15) is 0 Å². The van der Waals surface area contributed by atoms with E-state index in [0.29, 0.717) is 5.56 Å². The number of hydrogen-bond donors (Lipinski definition) is 0. The molecule has 10 rings (SSSR count). The zero-order valence-electron chi connectivity index (χ0n) is 32.3. The van der Waals surface area contributed by atoms with Crippen LogP contribution in [0.2, 0.25) is 0 Å². The first-order valence-electron chi connectivity index (χ1n) is 19.3. The summed E-state index contributed by atoms with van der Waals surface area (Å²) in [6, 6.07) is 51.3. The van der Waals surface area contributed by atoms with Crippen molar-refractivity contribution in [3.8, 4) is 33.4 Å². The van der Waals surface area contributed by atoms with Crippen molar-refractivity contribution in [2.45, 2.75) is 0 Å². The highest BCUT2D eigenvalue weighted by molar-refractivity contribution is 6.10. The fourth-order valence-corrected chi connectivity index (χ4v) is 7.10. The van der Waals surface area contributed by atoms with E-state index in [4.69, 9.17) is 15.7 Å². The second kappa shape index (κ2) is 11.9. The van der Waals surface area contributed by atoms with Crippen LogP contribution in [-0.4, -0.2) is 0 Å². The fourth-order valence-electron chi connectivity index (χ4n) is 7.10. The van der Waals surface area contributed by atoms with E-state index in [-0.39, 0.29) is 29.7 Å². The maximum atomic E-state index is 8.52. The molecule has 0 saturated heterocycles. The Morgan fingerprint density at radius 1 is 0.373 bits per heavy atom. The van der Waals surface area contributed by atoms with E-state index < -0.39 is 6.04 Å². The van der Waals surface area contributed by atoms with Crippen molar-refractivity contribution in [2.75, 3.05) is 4.90 Å². The van der Waals surface area contributed by atoms with Crippen LogP contribution in [0.5, 0.6) is 0 Å². The molecule has 3 nitrogen and oxygen atoms in total. The van der Waals surface area contributed by atoms with Gasteiger partial charge >= 0.3 is 0 Å². The van der Waals surface area contributed by atoms with E-state index in [1.165, 1.54) is 0 Å². The van der Waals surface area contributed by atoms with Gasteiger partial charge in [0.05, 0.1) is 6.85 Å². The van der Waals surface area contributed by atoms with Crippen LogP contribution >= 0.6 is 0 Å². The average molecular weight is 659 g/mol. The smallest absolute Gasteiger partial charge is 0.143 e. The van der Waals surface area contributed by atoms with Crippen molar-refractivity contribution in [2.24, 2.45) is 0 Å². The summed E-state index contributed by atoms with van der Waals surface area (Å²) in [5.41, 5.74) is 10.9. The Labute approximate surface area is 302 Å². The molecule has 0 unspecified atom stereocenters. The predicted octanol–water partition coefficient (Wildman–Crippen LogP) is 14.0. The Bertz CT molecular complexity index is 3100. The van der Waals surface area contributed by atoms with Crippen LogP contribution in [0, 0.1) is 0 Å². The van der Waals surface area contributed by atoms with Gasteiger partial charge in [0.1, 0.15) is 22.3 Å². The second-order valence-electron chi connectivity index (χ2n) is 12.6. The molecule has 0 bridgehead atoms. The van der Waals surface area contributed by atoms with E-state index in [0.717, 1.165) is 83.2 Å². The van der Waals surface area contributed by atoms with Gasteiger partial charge in [-0.15, -0.1) is 0 Å². The van der Waals surface area contributed by atoms with Gasteiger partial charge in [0.2, 0.25) is 0 Å². The van der Waals surface area contributed by atoms with Gasteiger partial charge in [0, 0.05) is 50.2 Å². The van der Waals surface area contributed by atoms with E-state index in [2.05, 4.69) is 89.8 Å². The monoisotopic (exact) mass is 658 g/mol. The van der Waals surface area contributed by atoms with Gasteiger partial charge in [0.25, 0.3) is 0 Å². The maximum Gasteiger partial charge on any atom is 0.143 e. The Morgan fingerprint density at radius 3 is 1.78 bits per heavy atom. The lowest BCUT2D eigenvalue weighted by Gasteiger charge is -2.26. The summed E-state index contributed by atoms with van der Waals surface area (Å²) in [5.74, 6) is 0. The molecule has 2 aromatic heterocycles. The average Bonchev–Trinajstić information content (AvgIpc) is 3.81. The van der Waals surface area contributed by atoms with Crippen molar-refractivity contribution in [1.29, 1.82) is 0 Å². The molecule has 0 aliphatic rings. The predicted molar refractivity (Wildman–Crippen MR) is 212 cm³/mol. The number of nitrogens with zero attached hydrogens (tertiary/aromatic N) is 1. The van der Waals surface area contributed by atoms with Crippen LogP contribution in [-0.2, 0) is 0 Å². The van der Waals surface area contributed by atoms with Gasteiger partial charge in [-0.05, 0) is 82.4 Å². The summed E-state index contributed by atoms with van der Waals surface area (Å²) >= 11 is 0.